The molecule has 0 aliphatic rings. The smallest absolute Gasteiger partial charge is 0.134 e. The van der Waals surface area contributed by atoms with Gasteiger partial charge < -0.3 is 15.5 Å². The van der Waals surface area contributed by atoms with Gasteiger partial charge in [0.25, 0.3) is 0 Å². The Balaban J connectivity index is 2.62. The van der Waals surface area contributed by atoms with Gasteiger partial charge in [-0.3, -0.25) is 0 Å². The Labute approximate surface area is 82.9 Å². The lowest BCUT2D eigenvalue weighted by molar-refractivity contribution is 0.607. The minimum absolute atomic E-state index is 0.549. The molecular formula is C11H14N2O. The molecule has 3 heteroatoms. The van der Waals surface area contributed by atoms with E-state index in [2.05, 4.69) is 5.32 Å². The maximum atomic E-state index is 5.68. The molecule has 74 valence electrons. The van der Waals surface area contributed by atoms with Crippen LogP contribution in [0, 0.1) is 0 Å². The van der Waals surface area contributed by atoms with Crippen molar-refractivity contribution in [1.82, 2.24) is 5.32 Å². The summed E-state index contributed by atoms with van der Waals surface area (Å²) in [5.41, 5.74) is 8.90. The molecule has 3 N–H and O–H groups in total. The van der Waals surface area contributed by atoms with Gasteiger partial charge in [0.1, 0.15) is 5.58 Å². The van der Waals surface area contributed by atoms with Crippen molar-refractivity contribution < 1.29 is 4.42 Å². The summed E-state index contributed by atoms with van der Waals surface area (Å²) in [4.78, 5) is 0. The second-order valence-corrected chi connectivity index (χ2v) is 3.29. The van der Waals surface area contributed by atoms with E-state index in [9.17, 15) is 0 Å². The van der Waals surface area contributed by atoms with Crippen LogP contribution in [0.3, 0.4) is 0 Å². The van der Waals surface area contributed by atoms with Crippen LogP contribution in [0.4, 0.5) is 0 Å². The molecule has 0 spiro atoms. The van der Waals surface area contributed by atoms with Gasteiger partial charge in [0.05, 0.1) is 6.26 Å². The third kappa shape index (κ3) is 1.41. The van der Waals surface area contributed by atoms with Gasteiger partial charge in [-0.2, -0.15) is 0 Å². The summed E-state index contributed by atoms with van der Waals surface area (Å²) < 4.78 is 5.45. The molecule has 0 aliphatic heterocycles. The summed E-state index contributed by atoms with van der Waals surface area (Å²) in [7, 11) is 1.92. The van der Waals surface area contributed by atoms with Crippen molar-refractivity contribution in [2.75, 3.05) is 7.05 Å². The number of benzene rings is 1. The zero-order valence-electron chi connectivity index (χ0n) is 8.21. The highest BCUT2D eigenvalue weighted by molar-refractivity contribution is 5.84. The van der Waals surface area contributed by atoms with Gasteiger partial charge in [-0.1, -0.05) is 12.1 Å². The average molecular weight is 190 g/mol. The third-order valence-electron chi connectivity index (χ3n) is 2.35. The van der Waals surface area contributed by atoms with Crippen LogP contribution in [0.1, 0.15) is 11.1 Å². The molecule has 0 atom stereocenters. The van der Waals surface area contributed by atoms with Crippen molar-refractivity contribution in [1.29, 1.82) is 0 Å². The molecule has 0 amide bonds. The highest BCUT2D eigenvalue weighted by Crippen LogP contribution is 2.24. The number of nitrogens with one attached hydrogen (secondary N) is 1. The molecule has 0 fully saturated rings. The monoisotopic (exact) mass is 190 g/mol. The Morgan fingerprint density at radius 1 is 1.36 bits per heavy atom. The molecule has 2 aromatic rings. The minimum atomic E-state index is 0.549. The highest BCUT2D eigenvalue weighted by atomic mass is 16.3. The fraction of sp³-hybridized carbons (Fsp3) is 0.273. The predicted molar refractivity (Wildman–Crippen MR) is 56.9 cm³/mol. The van der Waals surface area contributed by atoms with Crippen molar-refractivity contribution in [3.8, 4) is 0 Å². The molecule has 1 aromatic carbocycles. The first-order valence-electron chi connectivity index (χ1n) is 4.69. The first-order chi connectivity index (χ1) is 6.86. The largest absolute Gasteiger partial charge is 0.464 e. The molecule has 0 radical (unpaired) electrons. The van der Waals surface area contributed by atoms with Crippen molar-refractivity contribution in [2.45, 2.75) is 13.1 Å². The van der Waals surface area contributed by atoms with E-state index < -0.39 is 0 Å². The van der Waals surface area contributed by atoms with E-state index in [1.165, 1.54) is 5.56 Å². The van der Waals surface area contributed by atoms with Crippen LogP contribution in [-0.4, -0.2) is 7.05 Å². The lowest BCUT2D eigenvalue weighted by atomic mass is 10.1. The topological polar surface area (TPSA) is 51.2 Å². The van der Waals surface area contributed by atoms with Crippen LogP contribution in [0.25, 0.3) is 11.0 Å². The Kier molecular flexibility index (Phi) is 2.52. The molecule has 1 heterocycles. The number of furan rings is 1. The van der Waals surface area contributed by atoms with E-state index in [4.69, 9.17) is 10.2 Å². The lowest BCUT2D eigenvalue weighted by Gasteiger charge is -2.01. The second kappa shape index (κ2) is 3.82. The van der Waals surface area contributed by atoms with Crippen LogP contribution in [0.2, 0.25) is 0 Å². The van der Waals surface area contributed by atoms with Crippen LogP contribution < -0.4 is 11.1 Å². The van der Waals surface area contributed by atoms with E-state index in [1.807, 2.05) is 25.2 Å². The number of hydrogen-bond donors (Lipinski definition) is 2. The van der Waals surface area contributed by atoms with E-state index in [0.717, 1.165) is 23.1 Å². The predicted octanol–water partition coefficient (Wildman–Crippen LogP) is 1.61. The maximum Gasteiger partial charge on any atom is 0.134 e. The number of nitrogens with two attached hydrogens (primary N) is 1. The van der Waals surface area contributed by atoms with Crippen LogP contribution in [-0.2, 0) is 13.1 Å². The molecule has 14 heavy (non-hydrogen) atoms. The van der Waals surface area contributed by atoms with Crippen molar-refractivity contribution in [3.05, 3.63) is 35.6 Å². The number of rotatable bonds is 3. The van der Waals surface area contributed by atoms with E-state index in [1.54, 1.807) is 6.26 Å². The minimum Gasteiger partial charge on any atom is -0.464 e. The Morgan fingerprint density at radius 2 is 2.21 bits per heavy atom. The maximum absolute atomic E-state index is 5.68. The average Bonchev–Trinajstić information content (AvgIpc) is 2.62. The first-order valence-corrected chi connectivity index (χ1v) is 4.69. The van der Waals surface area contributed by atoms with Crippen molar-refractivity contribution in [2.24, 2.45) is 5.73 Å². The van der Waals surface area contributed by atoms with E-state index in [0.29, 0.717) is 6.54 Å². The van der Waals surface area contributed by atoms with Gasteiger partial charge in [-0.25, -0.2) is 0 Å². The molecule has 2 rings (SSSR count). The van der Waals surface area contributed by atoms with Gasteiger partial charge in [0, 0.05) is 24.0 Å². The molecule has 1 aromatic heterocycles. The van der Waals surface area contributed by atoms with Gasteiger partial charge in [0.15, 0.2) is 0 Å². The van der Waals surface area contributed by atoms with Crippen LogP contribution in [0.5, 0.6) is 0 Å². The summed E-state index contributed by atoms with van der Waals surface area (Å²) in [5, 5.41) is 4.27. The number of fused-ring (bicyclic) bond motifs is 1. The fourth-order valence-electron chi connectivity index (χ4n) is 1.72. The first kappa shape index (κ1) is 9.24. The Hall–Kier alpha value is -1.32. The quantitative estimate of drug-likeness (QED) is 0.773. The molecule has 0 saturated heterocycles. The summed E-state index contributed by atoms with van der Waals surface area (Å²) in [5.74, 6) is 0. The van der Waals surface area contributed by atoms with Crippen molar-refractivity contribution in [3.63, 3.8) is 0 Å². The summed E-state index contributed by atoms with van der Waals surface area (Å²) in [6.45, 7) is 1.36. The van der Waals surface area contributed by atoms with Gasteiger partial charge in [-0.15, -0.1) is 0 Å². The normalized spacial score (nSPS) is 11.0. The third-order valence-corrected chi connectivity index (χ3v) is 2.35. The molecule has 0 aliphatic carbocycles. The van der Waals surface area contributed by atoms with Gasteiger partial charge >= 0.3 is 0 Å². The standard InChI is InChI=1S/C11H14N2O/c1-13-6-9-7-14-10-4-2-3-8(5-12)11(9)10/h2-4,7,13H,5-6,12H2,1H3. The summed E-state index contributed by atoms with van der Waals surface area (Å²) >= 11 is 0. The number of hydrogen-bond acceptors (Lipinski definition) is 3. The van der Waals surface area contributed by atoms with Gasteiger partial charge in [-0.05, 0) is 18.7 Å². The van der Waals surface area contributed by atoms with Crippen LogP contribution >= 0.6 is 0 Å². The highest BCUT2D eigenvalue weighted by Gasteiger charge is 2.08. The summed E-state index contributed by atoms with van der Waals surface area (Å²) in [6, 6.07) is 5.97. The van der Waals surface area contributed by atoms with Crippen molar-refractivity contribution >= 4 is 11.0 Å². The van der Waals surface area contributed by atoms with Crippen LogP contribution in [0.15, 0.2) is 28.9 Å². The van der Waals surface area contributed by atoms with Gasteiger partial charge in [0.2, 0.25) is 0 Å². The second-order valence-electron chi connectivity index (χ2n) is 3.29. The molecule has 0 unspecified atom stereocenters. The molecule has 3 nitrogen and oxygen atoms in total. The molecular weight excluding hydrogens is 176 g/mol. The van der Waals surface area contributed by atoms with E-state index in [-0.39, 0.29) is 0 Å². The Bertz CT molecular complexity index is 434. The summed E-state index contributed by atoms with van der Waals surface area (Å²) in [6.07, 6.45) is 1.79. The zero-order chi connectivity index (χ0) is 9.97. The fourth-order valence-corrected chi connectivity index (χ4v) is 1.72. The zero-order valence-corrected chi connectivity index (χ0v) is 8.21. The Morgan fingerprint density at radius 3 is 2.93 bits per heavy atom. The van der Waals surface area contributed by atoms with E-state index >= 15 is 0 Å². The molecule has 0 bridgehead atoms. The lowest BCUT2D eigenvalue weighted by Crippen LogP contribution is -2.05. The SMILES string of the molecule is CNCc1coc2cccc(CN)c12. The molecule has 0 saturated carbocycles.